The average molecular weight is 1220 g/mol. The van der Waals surface area contributed by atoms with Gasteiger partial charge in [-0.05, 0) is 142 Å². The molecule has 0 bridgehead atoms. The van der Waals surface area contributed by atoms with Gasteiger partial charge in [-0.15, -0.1) is 0 Å². The van der Waals surface area contributed by atoms with E-state index in [9.17, 15) is 43.5 Å². The number of phenols is 1. The Hall–Kier alpha value is -5.30. The van der Waals surface area contributed by atoms with Crippen LogP contribution in [0.4, 0.5) is 0 Å². The number of hydrogen-bond acceptors (Lipinski definition) is 20. The molecule has 484 valence electrons. The molecule has 2 saturated carbocycles. The molecule has 9 atom stereocenters. The van der Waals surface area contributed by atoms with Crippen LogP contribution in [0.1, 0.15) is 164 Å². The number of amides is 3. The van der Waals surface area contributed by atoms with Crippen molar-refractivity contribution in [3.8, 4) is 5.75 Å². The average Bonchev–Trinajstić information content (AvgIpc) is 1.50. The van der Waals surface area contributed by atoms with Crippen molar-refractivity contribution in [1.82, 2.24) is 20.9 Å². The molecule has 5 aliphatic rings. The van der Waals surface area contributed by atoms with E-state index in [-0.39, 0.29) is 93.9 Å². The van der Waals surface area contributed by atoms with Crippen LogP contribution in [-0.4, -0.2) is 167 Å². The summed E-state index contributed by atoms with van der Waals surface area (Å²) in [5.41, 5.74) is 2.10. The molecule has 2 aliphatic heterocycles. The van der Waals surface area contributed by atoms with Crippen molar-refractivity contribution >= 4 is 47.4 Å². The van der Waals surface area contributed by atoms with Crippen molar-refractivity contribution in [2.24, 2.45) is 46.3 Å². The molecule has 1 aromatic rings. The van der Waals surface area contributed by atoms with Crippen LogP contribution in [0.5, 0.6) is 5.75 Å². The quantitative estimate of drug-likeness (QED) is 0.0282. The maximum Gasteiger partial charge on any atom is 0.331 e. The summed E-state index contributed by atoms with van der Waals surface area (Å²) in [6, 6.07) is 2.30. The molecule has 3 amide bonds. The van der Waals surface area contributed by atoms with E-state index >= 15 is 0 Å². The number of fused-ring (bicyclic) bond motifs is 5. The lowest BCUT2D eigenvalue weighted by atomic mass is 9.56. The first-order chi connectivity index (χ1) is 40.6. The minimum absolute atomic E-state index is 0.00733. The number of phenolic OH excluding ortho intramolecular Hbond substituents is 1. The number of aromatic hydroxyl groups is 1. The second-order valence-electron chi connectivity index (χ2n) is 26.7. The number of hydrogen-bond donors (Lipinski definition) is 4. The maximum absolute atomic E-state index is 13.8. The SMILES string of the molecule is CCC1(OC2CC3C4CCc5cc(O)ccc5C4CCC3(C)C2)OCC2(COC(OC(COC(=O)CN(C)CC(C)C)COC(=O)C(CC(C)C)NC(=O)CC(=O)NC(CC(C)C)C(=O)OCOC(=O)C(CC(C)C)NC(=O)CC(C)=O)OC2)CO1. The number of nitrogens with one attached hydrogen (secondary N) is 3. The fourth-order valence-corrected chi connectivity index (χ4v) is 12.9. The number of carbonyl (C=O) groups excluding carboxylic acids is 8. The van der Waals surface area contributed by atoms with Gasteiger partial charge in [0.2, 0.25) is 24.5 Å². The zero-order chi connectivity index (χ0) is 63.1. The van der Waals surface area contributed by atoms with Crippen molar-refractivity contribution in [2.45, 2.75) is 202 Å². The van der Waals surface area contributed by atoms with Crippen LogP contribution in [-0.2, 0) is 92.1 Å². The lowest BCUT2D eigenvalue weighted by Gasteiger charge is -2.49. The second kappa shape index (κ2) is 31.7. The van der Waals surface area contributed by atoms with E-state index in [1.54, 1.807) is 20.9 Å². The van der Waals surface area contributed by atoms with Crippen molar-refractivity contribution in [2.75, 3.05) is 66.6 Å². The van der Waals surface area contributed by atoms with Gasteiger partial charge in [0.1, 0.15) is 55.4 Å². The topological polar surface area (TPSA) is 288 Å². The van der Waals surface area contributed by atoms with Gasteiger partial charge in [0.05, 0.1) is 50.9 Å². The van der Waals surface area contributed by atoms with Gasteiger partial charge >= 0.3 is 23.9 Å². The predicted octanol–water partition coefficient (Wildman–Crippen LogP) is 6.13. The van der Waals surface area contributed by atoms with E-state index in [2.05, 4.69) is 28.9 Å². The summed E-state index contributed by atoms with van der Waals surface area (Å²) in [5, 5.41) is 17.7. The molecule has 86 heavy (non-hydrogen) atoms. The Morgan fingerprint density at radius 2 is 1.27 bits per heavy atom. The number of benzene rings is 1. The number of Topliss-reactive ketones (excluding diaryl/α,β-unsaturated/α-hetero) is 1. The summed E-state index contributed by atoms with van der Waals surface area (Å²) in [6.45, 7) is 19.0. The first-order valence-electron chi connectivity index (χ1n) is 31.0. The van der Waals surface area contributed by atoms with Crippen molar-refractivity contribution in [1.29, 1.82) is 0 Å². The number of likely N-dealkylation sites (N-methyl/N-ethyl adjacent to an activating group) is 1. The highest BCUT2D eigenvalue weighted by Crippen LogP contribution is 2.62. The van der Waals surface area contributed by atoms with E-state index < -0.39 is 110 Å². The van der Waals surface area contributed by atoms with Crippen molar-refractivity contribution < 1.29 is 90.8 Å². The number of carbonyl (C=O) groups is 8. The fourth-order valence-electron chi connectivity index (χ4n) is 12.9. The second-order valence-corrected chi connectivity index (χ2v) is 26.7. The summed E-state index contributed by atoms with van der Waals surface area (Å²) in [5.74, 6) is -5.39. The lowest BCUT2D eigenvalue weighted by molar-refractivity contribution is -0.451. The van der Waals surface area contributed by atoms with Crippen LogP contribution >= 0.6 is 0 Å². The normalized spacial score (nSPS) is 26.6. The minimum Gasteiger partial charge on any atom is -0.508 e. The standard InChI is InChI=1S/C63H98N4O19/c1-13-63(86-44-25-49-48-16-14-42-24-43(69)15-17-46(42)47(48)18-19-61(49,11)27-44)83-34-62(35-84-63)32-79-60(80-33-62)85-45(30-77-56(73)29-67(12)28-40(8)9)31-78-57(74)50(20-37(2)3)65-54(71)26-55(72)66-52(22-39(6)7)59(76)82-36-81-58(75)51(21-38(4)5)64-53(70)23-41(10)68/h15,17,24,37-40,44-45,47-52,60,69H,13-14,16,18-23,25-36H2,1-12H3,(H,64,70)(H,65,71)(H,66,72). The fraction of sp³-hybridized carbons (Fsp3) is 0.778. The van der Waals surface area contributed by atoms with Gasteiger partial charge in [-0.1, -0.05) is 75.3 Å². The first kappa shape index (κ1) is 69.8. The summed E-state index contributed by atoms with van der Waals surface area (Å²) in [7, 11) is 1.80. The molecular weight excluding hydrogens is 1120 g/mol. The Kier molecular flexibility index (Phi) is 25.8. The van der Waals surface area contributed by atoms with Gasteiger partial charge in [0.25, 0.3) is 12.4 Å². The molecule has 3 aliphatic carbocycles. The summed E-state index contributed by atoms with van der Waals surface area (Å²) in [4.78, 5) is 105. The Morgan fingerprint density at radius 1 is 0.721 bits per heavy atom. The highest BCUT2D eigenvalue weighted by Gasteiger charge is 2.56. The van der Waals surface area contributed by atoms with Gasteiger partial charge < -0.3 is 68.4 Å². The third kappa shape index (κ3) is 20.6. The van der Waals surface area contributed by atoms with E-state index in [0.29, 0.717) is 42.4 Å². The number of rotatable bonds is 31. The molecular formula is C63H98N4O19. The molecule has 2 saturated heterocycles. The highest BCUT2D eigenvalue weighted by molar-refractivity contribution is 6.00. The molecule has 1 aromatic carbocycles. The Balaban J connectivity index is 1.00. The number of aryl methyl sites for hydroxylation is 1. The van der Waals surface area contributed by atoms with E-state index in [4.69, 9.17) is 47.4 Å². The first-order valence-corrected chi connectivity index (χ1v) is 31.0. The molecule has 1 spiro atoms. The maximum atomic E-state index is 13.8. The van der Waals surface area contributed by atoms with Gasteiger partial charge in [0.15, 0.2) is 0 Å². The van der Waals surface area contributed by atoms with Crippen molar-refractivity contribution in [3.05, 3.63) is 29.3 Å². The zero-order valence-corrected chi connectivity index (χ0v) is 52.8. The van der Waals surface area contributed by atoms with Crippen molar-refractivity contribution in [3.63, 3.8) is 0 Å². The third-order valence-electron chi connectivity index (χ3n) is 16.8. The molecule has 23 heteroatoms. The molecule has 4 fully saturated rings. The highest BCUT2D eigenvalue weighted by atomic mass is 16.9. The zero-order valence-electron chi connectivity index (χ0n) is 52.8. The summed E-state index contributed by atoms with van der Waals surface area (Å²) >= 11 is 0. The Bertz CT molecular complexity index is 2470. The number of ether oxygens (including phenoxy) is 10. The van der Waals surface area contributed by atoms with Gasteiger partial charge in [-0.25, -0.2) is 14.4 Å². The molecule has 6 rings (SSSR count). The van der Waals surface area contributed by atoms with Gasteiger partial charge in [-0.2, -0.15) is 0 Å². The third-order valence-corrected chi connectivity index (χ3v) is 16.8. The van der Waals surface area contributed by atoms with Crippen LogP contribution in [0.25, 0.3) is 0 Å². The van der Waals surface area contributed by atoms with Gasteiger partial charge in [0, 0.05) is 13.0 Å². The lowest BCUT2D eigenvalue weighted by Crippen LogP contribution is -2.58. The van der Waals surface area contributed by atoms with E-state index in [0.717, 1.165) is 38.5 Å². The number of ketones is 1. The van der Waals surface area contributed by atoms with E-state index in [1.165, 1.54) is 18.1 Å². The smallest absolute Gasteiger partial charge is 0.331 e. The largest absolute Gasteiger partial charge is 0.508 e. The van der Waals surface area contributed by atoms with Gasteiger partial charge in [-0.3, -0.25) is 28.9 Å². The number of nitrogens with zero attached hydrogens (tertiary/aromatic N) is 1. The molecule has 0 radical (unpaired) electrons. The molecule has 9 unspecified atom stereocenters. The number of esters is 4. The van der Waals surface area contributed by atoms with Crippen LogP contribution in [0.3, 0.4) is 0 Å². The monoisotopic (exact) mass is 1210 g/mol. The predicted molar refractivity (Wildman–Crippen MR) is 311 cm³/mol. The molecule has 0 aromatic heterocycles. The summed E-state index contributed by atoms with van der Waals surface area (Å²) < 4.78 is 60.0. The Morgan fingerprint density at radius 3 is 1.80 bits per heavy atom. The van der Waals surface area contributed by atoms with Crippen LogP contribution in [0, 0.1) is 46.3 Å². The minimum atomic E-state index is -1.26. The molecule has 4 N–H and O–H groups in total. The van der Waals surface area contributed by atoms with Crippen LogP contribution in [0.15, 0.2) is 18.2 Å². The van der Waals surface area contributed by atoms with E-state index in [1.807, 2.05) is 65.5 Å². The van der Waals surface area contributed by atoms with Crippen LogP contribution < -0.4 is 16.0 Å². The Labute approximate surface area is 507 Å². The molecule has 23 nitrogen and oxygen atoms in total. The molecule has 2 heterocycles. The summed E-state index contributed by atoms with van der Waals surface area (Å²) in [6.07, 6.45) is 4.65. The van der Waals surface area contributed by atoms with Crippen LogP contribution in [0.2, 0.25) is 0 Å².